The first-order valence-electron chi connectivity index (χ1n) is 6.49. The third-order valence-corrected chi connectivity index (χ3v) is 3.14. The van der Waals surface area contributed by atoms with E-state index in [9.17, 15) is 18.0 Å². The zero-order valence-electron chi connectivity index (χ0n) is 11.6. The number of hydrogen-bond donors (Lipinski definition) is 1. The van der Waals surface area contributed by atoms with Gasteiger partial charge in [-0.15, -0.1) is 0 Å². The van der Waals surface area contributed by atoms with E-state index < -0.39 is 17.2 Å². The molecule has 0 aliphatic heterocycles. The Kier molecular flexibility index (Phi) is 4.04. The Morgan fingerprint density at radius 2 is 2.00 bits per heavy atom. The maximum absolute atomic E-state index is 12.8. The van der Waals surface area contributed by atoms with E-state index in [0.717, 1.165) is 12.1 Å². The summed E-state index contributed by atoms with van der Waals surface area (Å²) in [5, 5.41) is 13.2. The van der Waals surface area contributed by atoms with E-state index in [4.69, 9.17) is 5.11 Å². The van der Waals surface area contributed by atoms with Crippen LogP contribution in [0.5, 0.6) is 0 Å². The molecule has 4 nitrogen and oxygen atoms in total. The molecule has 0 amide bonds. The van der Waals surface area contributed by atoms with E-state index >= 15 is 0 Å². The lowest BCUT2D eigenvalue weighted by atomic mass is 10.1. The predicted molar refractivity (Wildman–Crippen MR) is 72.2 cm³/mol. The summed E-state index contributed by atoms with van der Waals surface area (Å²) < 4.78 is 39.8. The highest BCUT2D eigenvalue weighted by atomic mass is 19.4. The maximum atomic E-state index is 12.8. The van der Waals surface area contributed by atoms with Crippen molar-refractivity contribution in [2.45, 2.75) is 32.5 Å². The highest BCUT2D eigenvalue weighted by Crippen LogP contribution is 2.31. The second-order valence-electron chi connectivity index (χ2n) is 5.02. The molecular weight excluding hydrogens is 285 g/mol. The lowest BCUT2D eigenvalue weighted by molar-refractivity contribution is -0.137. The molecule has 0 aliphatic rings. The van der Waals surface area contributed by atoms with E-state index in [-0.39, 0.29) is 35.7 Å². The lowest BCUT2D eigenvalue weighted by Crippen LogP contribution is -2.22. The van der Waals surface area contributed by atoms with Crippen LogP contribution >= 0.6 is 0 Å². The molecule has 21 heavy (non-hydrogen) atoms. The smallest absolute Gasteiger partial charge is 0.396 e. The van der Waals surface area contributed by atoms with E-state index in [2.05, 4.69) is 5.10 Å². The zero-order valence-corrected chi connectivity index (χ0v) is 11.6. The molecule has 0 aliphatic carbocycles. The third-order valence-electron chi connectivity index (χ3n) is 3.14. The Hall–Kier alpha value is -1.89. The van der Waals surface area contributed by atoms with Crippen molar-refractivity contribution in [2.75, 3.05) is 6.61 Å². The molecule has 0 radical (unpaired) electrons. The van der Waals surface area contributed by atoms with E-state index in [1.54, 1.807) is 13.8 Å². The fourth-order valence-corrected chi connectivity index (χ4v) is 2.14. The molecule has 0 spiro atoms. The molecule has 114 valence electrons. The Labute approximate surface area is 118 Å². The normalized spacial score (nSPS) is 12.3. The summed E-state index contributed by atoms with van der Waals surface area (Å²) in [4.78, 5) is 12.2. The van der Waals surface area contributed by atoms with Gasteiger partial charge in [0, 0.05) is 24.5 Å². The Morgan fingerprint density at radius 1 is 1.33 bits per heavy atom. The maximum Gasteiger partial charge on any atom is 0.416 e. The van der Waals surface area contributed by atoms with Crippen LogP contribution in [0.25, 0.3) is 10.9 Å². The minimum atomic E-state index is -4.48. The van der Waals surface area contributed by atoms with E-state index in [1.807, 2.05) is 0 Å². The fourth-order valence-electron chi connectivity index (χ4n) is 2.14. The first kappa shape index (κ1) is 15.5. The fraction of sp³-hybridized carbons (Fsp3) is 0.429. The quantitative estimate of drug-likeness (QED) is 0.947. The van der Waals surface area contributed by atoms with Crippen molar-refractivity contribution in [1.29, 1.82) is 0 Å². The van der Waals surface area contributed by atoms with Crippen LogP contribution in [0.4, 0.5) is 13.2 Å². The summed E-state index contributed by atoms with van der Waals surface area (Å²) >= 11 is 0. The van der Waals surface area contributed by atoms with Crippen LogP contribution in [0.1, 0.15) is 31.1 Å². The number of nitrogens with zero attached hydrogens (tertiary/aromatic N) is 2. The molecule has 1 heterocycles. The van der Waals surface area contributed by atoms with Crippen LogP contribution in [-0.2, 0) is 12.6 Å². The van der Waals surface area contributed by atoms with E-state index in [1.165, 1.54) is 10.7 Å². The zero-order chi connectivity index (χ0) is 15.8. The molecule has 1 aromatic carbocycles. The molecule has 2 aromatic rings. The van der Waals surface area contributed by atoms with Crippen LogP contribution in [0.2, 0.25) is 0 Å². The van der Waals surface area contributed by atoms with Gasteiger partial charge < -0.3 is 5.11 Å². The Balaban J connectivity index is 2.81. The number of aromatic nitrogens is 2. The third kappa shape index (κ3) is 2.92. The van der Waals surface area contributed by atoms with Crippen LogP contribution < -0.4 is 5.43 Å². The van der Waals surface area contributed by atoms with Gasteiger partial charge in [0.25, 0.3) is 0 Å². The van der Waals surface area contributed by atoms with Crippen molar-refractivity contribution in [1.82, 2.24) is 9.78 Å². The van der Waals surface area contributed by atoms with Gasteiger partial charge in [0.05, 0.1) is 11.1 Å². The van der Waals surface area contributed by atoms with Crippen LogP contribution in [0.15, 0.2) is 23.0 Å². The van der Waals surface area contributed by atoms with Crippen molar-refractivity contribution < 1.29 is 18.3 Å². The highest BCUT2D eigenvalue weighted by Gasteiger charge is 2.31. The standard InChI is InChI=1S/C14H15F3N2O2/c1-8(2)19-12-7-9(14(15,16)17)3-4-10(12)13(21)11(18-19)5-6-20/h3-4,7-8,20H,5-6H2,1-2H3. The number of halogens is 3. The van der Waals surface area contributed by atoms with Gasteiger partial charge in [0.2, 0.25) is 5.43 Å². The largest absolute Gasteiger partial charge is 0.416 e. The van der Waals surface area contributed by atoms with Gasteiger partial charge in [-0.3, -0.25) is 9.48 Å². The van der Waals surface area contributed by atoms with Crippen molar-refractivity contribution in [3.05, 3.63) is 39.7 Å². The van der Waals surface area contributed by atoms with Gasteiger partial charge in [-0.1, -0.05) is 0 Å². The first-order valence-corrected chi connectivity index (χ1v) is 6.49. The summed E-state index contributed by atoms with van der Waals surface area (Å²) in [7, 11) is 0. The summed E-state index contributed by atoms with van der Waals surface area (Å²) in [6.07, 6.45) is -4.40. The number of hydrogen-bond acceptors (Lipinski definition) is 3. The van der Waals surface area contributed by atoms with Crippen LogP contribution in [-0.4, -0.2) is 21.5 Å². The number of aliphatic hydroxyl groups is 1. The molecular formula is C14H15F3N2O2. The average Bonchev–Trinajstić information content (AvgIpc) is 2.40. The van der Waals surface area contributed by atoms with Crippen LogP contribution in [0.3, 0.4) is 0 Å². The average molecular weight is 300 g/mol. The molecule has 0 unspecified atom stereocenters. The number of aliphatic hydroxyl groups excluding tert-OH is 1. The summed E-state index contributed by atoms with van der Waals surface area (Å²) in [6.45, 7) is 3.28. The number of fused-ring (bicyclic) bond motifs is 1. The number of rotatable bonds is 3. The van der Waals surface area contributed by atoms with Crippen molar-refractivity contribution in [3.8, 4) is 0 Å². The topological polar surface area (TPSA) is 55.1 Å². The molecule has 0 saturated heterocycles. The van der Waals surface area contributed by atoms with Gasteiger partial charge in [0.15, 0.2) is 0 Å². The van der Waals surface area contributed by atoms with Gasteiger partial charge in [-0.05, 0) is 32.0 Å². The highest BCUT2D eigenvalue weighted by molar-refractivity contribution is 5.79. The molecule has 1 aromatic heterocycles. The Morgan fingerprint density at radius 3 is 2.52 bits per heavy atom. The Bertz CT molecular complexity index is 720. The SMILES string of the molecule is CC(C)n1nc(CCO)c(=O)c2ccc(C(F)(F)F)cc21. The number of benzene rings is 1. The predicted octanol–water partition coefficient (Wildman–Crippen LogP) is 2.53. The van der Waals surface area contributed by atoms with Gasteiger partial charge in [-0.25, -0.2) is 0 Å². The minimum Gasteiger partial charge on any atom is -0.396 e. The van der Waals surface area contributed by atoms with E-state index in [0.29, 0.717) is 0 Å². The molecule has 0 atom stereocenters. The molecule has 7 heteroatoms. The molecule has 0 fully saturated rings. The van der Waals surface area contributed by atoms with Gasteiger partial charge in [0.1, 0.15) is 5.69 Å². The van der Waals surface area contributed by atoms with Crippen molar-refractivity contribution in [2.24, 2.45) is 0 Å². The van der Waals surface area contributed by atoms with Crippen molar-refractivity contribution in [3.63, 3.8) is 0 Å². The lowest BCUT2D eigenvalue weighted by Gasteiger charge is -2.16. The first-order chi connectivity index (χ1) is 9.75. The van der Waals surface area contributed by atoms with Gasteiger partial charge in [-0.2, -0.15) is 18.3 Å². The van der Waals surface area contributed by atoms with Gasteiger partial charge >= 0.3 is 6.18 Å². The minimum absolute atomic E-state index is 0.0719. The monoisotopic (exact) mass is 300 g/mol. The molecule has 1 N–H and O–H groups in total. The molecule has 2 rings (SSSR count). The summed E-state index contributed by atoms with van der Waals surface area (Å²) in [5.41, 5.74) is -0.963. The molecule has 0 bridgehead atoms. The second kappa shape index (κ2) is 5.48. The number of alkyl halides is 3. The summed E-state index contributed by atoms with van der Waals surface area (Å²) in [6, 6.07) is 2.78. The van der Waals surface area contributed by atoms with Crippen molar-refractivity contribution >= 4 is 10.9 Å². The summed E-state index contributed by atoms with van der Waals surface area (Å²) in [5.74, 6) is 0. The van der Waals surface area contributed by atoms with Crippen LogP contribution in [0, 0.1) is 0 Å². The molecule has 0 saturated carbocycles. The second-order valence-corrected chi connectivity index (χ2v) is 5.02.